The topological polar surface area (TPSA) is 101 Å². The predicted octanol–water partition coefficient (Wildman–Crippen LogP) is 5.22. The van der Waals surface area contributed by atoms with Crippen LogP contribution in [0.4, 0.5) is 5.69 Å². The van der Waals surface area contributed by atoms with Gasteiger partial charge >= 0.3 is 12.0 Å². The molecular weight excluding hydrogens is 456 g/mol. The van der Waals surface area contributed by atoms with Crippen LogP contribution in [0.3, 0.4) is 0 Å². The molecule has 9 heteroatoms. The van der Waals surface area contributed by atoms with E-state index < -0.39 is 5.97 Å². The summed E-state index contributed by atoms with van der Waals surface area (Å²) in [6.07, 6.45) is 0. The average molecular weight is 479 g/mol. The van der Waals surface area contributed by atoms with Gasteiger partial charge in [-0.05, 0) is 49.2 Å². The summed E-state index contributed by atoms with van der Waals surface area (Å²) in [4.78, 5) is 26.0. The summed E-state index contributed by atoms with van der Waals surface area (Å²) in [5, 5.41) is 9.89. The molecule has 0 radical (unpaired) electrons. The summed E-state index contributed by atoms with van der Waals surface area (Å²) < 4.78 is 11.2. The van der Waals surface area contributed by atoms with Crippen LogP contribution in [0.25, 0.3) is 22.4 Å². The summed E-state index contributed by atoms with van der Waals surface area (Å²) >= 11 is 6.69. The number of imidazole rings is 1. The maximum absolute atomic E-state index is 11.4. The third kappa shape index (κ3) is 4.18. The molecule has 0 bridgehead atoms. The maximum Gasteiger partial charge on any atom is 0.336 e. The van der Waals surface area contributed by atoms with E-state index in [0.29, 0.717) is 33.2 Å². The van der Waals surface area contributed by atoms with Crippen molar-refractivity contribution in [1.82, 2.24) is 15.0 Å². The summed E-state index contributed by atoms with van der Waals surface area (Å²) in [5.41, 5.74) is 5.43. The van der Waals surface area contributed by atoms with Gasteiger partial charge in [0.05, 0.1) is 35.0 Å². The van der Waals surface area contributed by atoms with Gasteiger partial charge in [0.15, 0.2) is 5.65 Å². The number of fused-ring (bicyclic) bond motifs is 1. The lowest BCUT2D eigenvalue weighted by molar-refractivity contribution is 0.0695. The third-order valence-electron chi connectivity index (χ3n) is 5.96. The number of carbonyl (C=O) groups is 1. The normalized spacial score (nSPS) is 13.9. The van der Waals surface area contributed by atoms with Gasteiger partial charge in [-0.15, -0.1) is 0 Å². The van der Waals surface area contributed by atoms with Crippen LogP contribution in [0.5, 0.6) is 11.8 Å². The van der Waals surface area contributed by atoms with E-state index in [9.17, 15) is 9.90 Å². The monoisotopic (exact) mass is 478 g/mol. The molecule has 1 aliphatic rings. The zero-order valence-corrected chi connectivity index (χ0v) is 19.5. The van der Waals surface area contributed by atoms with Gasteiger partial charge in [-0.3, -0.25) is 0 Å². The molecule has 1 fully saturated rings. The van der Waals surface area contributed by atoms with Crippen LogP contribution >= 0.6 is 11.6 Å². The molecule has 4 aromatic rings. The van der Waals surface area contributed by atoms with Gasteiger partial charge in [0.25, 0.3) is 0 Å². The van der Waals surface area contributed by atoms with Crippen molar-refractivity contribution in [1.29, 1.82) is 0 Å². The molecule has 0 unspecified atom stereocenters. The predicted molar refractivity (Wildman–Crippen MR) is 130 cm³/mol. The Labute approximate surface area is 201 Å². The van der Waals surface area contributed by atoms with Crippen LogP contribution in [-0.2, 0) is 4.74 Å². The number of aromatic nitrogens is 3. The van der Waals surface area contributed by atoms with Gasteiger partial charge in [0, 0.05) is 24.3 Å². The molecule has 34 heavy (non-hydrogen) atoms. The van der Waals surface area contributed by atoms with E-state index in [1.165, 1.54) is 6.07 Å². The van der Waals surface area contributed by atoms with Gasteiger partial charge < -0.3 is 24.5 Å². The summed E-state index contributed by atoms with van der Waals surface area (Å²) in [5.74, 6) is -0.647. The number of benzene rings is 2. The molecule has 8 nitrogen and oxygen atoms in total. The zero-order chi connectivity index (χ0) is 23.8. The number of nitrogens with one attached hydrogen (secondary N) is 1. The molecule has 174 valence electrons. The average Bonchev–Trinajstić information content (AvgIpc) is 3.26. The smallest absolute Gasteiger partial charge is 0.336 e. The lowest BCUT2D eigenvalue weighted by Crippen LogP contribution is -2.36. The first-order valence-electron chi connectivity index (χ1n) is 10.9. The fourth-order valence-electron chi connectivity index (χ4n) is 4.03. The zero-order valence-electron chi connectivity index (χ0n) is 18.8. The van der Waals surface area contributed by atoms with E-state index >= 15 is 0 Å². The Kier molecular flexibility index (Phi) is 5.85. The minimum atomic E-state index is -1.01. The van der Waals surface area contributed by atoms with Gasteiger partial charge in [0.2, 0.25) is 0 Å². The van der Waals surface area contributed by atoms with Crippen LogP contribution in [-0.4, -0.2) is 52.3 Å². The second-order valence-corrected chi connectivity index (χ2v) is 8.55. The number of nitrogens with zero attached hydrogens (tertiary/aromatic N) is 3. The van der Waals surface area contributed by atoms with Crippen molar-refractivity contribution in [3.8, 4) is 23.0 Å². The second-order valence-electron chi connectivity index (χ2n) is 8.17. The molecule has 5 rings (SSSR count). The number of hydrogen-bond donors (Lipinski definition) is 2. The number of pyridine rings is 1. The molecule has 0 saturated carbocycles. The van der Waals surface area contributed by atoms with Crippen LogP contribution in [0.15, 0.2) is 42.5 Å². The fraction of sp³-hybridized carbons (Fsp3) is 0.240. The fourth-order valence-corrected chi connectivity index (χ4v) is 4.27. The number of anilines is 1. The highest BCUT2D eigenvalue weighted by atomic mass is 35.5. The Hall–Kier alpha value is -3.62. The van der Waals surface area contributed by atoms with Gasteiger partial charge in [-0.1, -0.05) is 29.8 Å². The lowest BCUT2D eigenvalue weighted by Gasteiger charge is -2.28. The van der Waals surface area contributed by atoms with E-state index in [-0.39, 0.29) is 11.6 Å². The van der Waals surface area contributed by atoms with Gasteiger partial charge in [-0.2, -0.15) is 4.98 Å². The number of hydrogen-bond acceptors (Lipinski definition) is 6. The Morgan fingerprint density at radius 2 is 1.85 bits per heavy atom. The molecule has 2 aromatic carbocycles. The quantitative estimate of drug-likeness (QED) is 0.405. The Morgan fingerprint density at radius 1 is 1.12 bits per heavy atom. The molecule has 1 aliphatic heterocycles. The van der Waals surface area contributed by atoms with Crippen molar-refractivity contribution in [3.63, 3.8) is 0 Å². The number of halogens is 1. The summed E-state index contributed by atoms with van der Waals surface area (Å²) in [7, 11) is 0. The largest absolute Gasteiger partial charge is 0.478 e. The Morgan fingerprint density at radius 3 is 2.56 bits per heavy atom. The number of ether oxygens (including phenoxy) is 2. The Bertz CT molecular complexity index is 1380. The summed E-state index contributed by atoms with van der Waals surface area (Å²) in [6.45, 7) is 6.83. The molecule has 0 amide bonds. The van der Waals surface area contributed by atoms with Crippen molar-refractivity contribution < 1.29 is 19.4 Å². The molecule has 2 aromatic heterocycles. The van der Waals surface area contributed by atoms with Gasteiger partial charge in [-0.25, -0.2) is 9.78 Å². The number of carboxylic acids is 1. The minimum absolute atomic E-state index is 0.175. The first kappa shape index (κ1) is 22.2. The van der Waals surface area contributed by atoms with Crippen LogP contribution in [0.2, 0.25) is 5.02 Å². The number of carboxylic acid groups (broad SMARTS) is 1. The molecule has 0 aliphatic carbocycles. The number of rotatable bonds is 5. The minimum Gasteiger partial charge on any atom is -0.478 e. The van der Waals surface area contributed by atoms with E-state index in [0.717, 1.165) is 43.1 Å². The second kappa shape index (κ2) is 8.96. The van der Waals surface area contributed by atoms with Crippen molar-refractivity contribution in [2.45, 2.75) is 13.8 Å². The van der Waals surface area contributed by atoms with Gasteiger partial charge in [0.1, 0.15) is 5.75 Å². The SMILES string of the molecule is Cc1ccc(Oc2nc3nc(-c4ccc(N5CCOCC5)cc4)c(Cl)c(C)c3[nH]2)cc1C(=O)O. The summed E-state index contributed by atoms with van der Waals surface area (Å²) in [6, 6.07) is 13.2. The molecule has 2 N–H and O–H groups in total. The van der Waals surface area contributed by atoms with Crippen molar-refractivity contribution in [2.24, 2.45) is 0 Å². The van der Waals surface area contributed by atoms with Crippen LogP contribution in [0, 0.1) is 13.8 Å². The third-order valence-corrected chi connectivity index (χ3v) is 6.43. The van der Waals surface area contributed by atoms with Crippen LogP contribution in [0.1, 0.15) is 21.5 Å². The van der Waals surface area contributed by atoms with E-state index in [2.05, 4.69) is 32.0 Å². The lowest BCUT2D eigenvalue weighted by atomic mass is 10.1. The Balaban J connectivity index is 1.46. The number of morpholine rings is 1. The first-order chi connectivity index (χ1) is 16.4. The van der Waals surface area contributed by atoms with Crippen LogP contribution < -0.4 is 9.64 Å². The van der Waals surface area contributed by atoms with Crippen molar-refractivity contribution in [3.05, 3.63) is 64.2 Å². The number of H-pyrrole nitrogens is 1. The van der Waals surface area contributed by atoms with E-state index in [1.54, 1.807) is 19.1 Å². The molecule has 0 spiro atoms. The molecule has 1 saturated heterocycles. The number of aromatic carboxylic acids is 1. The first-order valence-corrected chi connectivity index (χ1v) is 11.3. The highest BCUT2D eigenvalue weighted by Crippen LogP contribution is 2.35. The van der Waals surface area contributed by atoms with E-state index in [1.807, 2.05) is 19.1 Å². The van der Waals surface area contributed by atoms with Crippen molar-refractivity contribution >= 4 is 34.4 Å². The molecular formula is C25H23ClN4O4. The number of aromatic amines is 1. The highest BCUT2D eigenvalue weighted by molar-refractivity contribution is 6.34. The molecule has 3 heterocycles. The highest BCUT2D eigenvalue weighted by Gasteiger charge is 2.18. The van der Waals surface area contributed by atoms with Crippen molar-refractivity contribution in [2.75, 3.05) is 31.2 Å². The molecule has 0 atom stereocenters. The standard InChI is InChI=1S/C25H23ClN4O4/c1-14-3-8-18(13-19(14)24(31)32)34-25-28-21-15(2)20(26)22(27-23(21)29-25)16-4-6-17(7-5-16)30-9-11-33-12-10-30/h3-8,13H,9-12H2,1-2H3,(H,31,32)(H,27,28,29). The van der Waals surface area contributed by atoms with E-state index in [4.69, 9.17) is 21.1 Å². The number of aryl methyl sites for hydroxylation is 2. The maximum atomic E-state index is 11.4.